The number of fused-ring (bicyclic) bond motifs is 1. The number of carbonyl (C=O) groups excluding carboxylic acids is 2. The Morgan fingerprint density at radius 3 is 2.32 bits per heavy atom. The molecule has 7 nitrogen and oxygen atoms in total. The van der Waals surface area contributed by atoms with Crippen LogP contribution in [-0.4, -0.2) is 61.1 Å². The van der Waals surface area contributed by atoms with Crippen molar-refractivity contribution < 1.29 is 19.1 Å². The fraction of sp³-hybridized carbons (Fsp3) is 0.417. The molecule has 164 valence electrons. The summed E-state index contributed by atoms with van der Waals surface area (Å²) in [7, 11) is 3.29. The third kappa shape index (κ3) is 3.85. The highest BCUT2D eigenvalue weighted by Gasteiger charge is 2.44. The second-order valence-electron chi connectivity index (χ2n) is 8.52. The normalized spacial score (nSPS) is 20.4. The van der Waals surface area contributed by atoms with Crippen LogP contribution < -0.4 is 14.8 Å². The Hall–Kier alpha value is -3.06. The fourth-order valence-corrected chi connectivity index (χ4v) is 4.51. The zero-order valence-corrected chi connectivity index (χ0v) is 18.5. The molecule has 7 heteroatoms. The van der Waals surface area contributed by atoms with E-state index < -0.39 is 5.54 Å². The lowest BCUT2D eigenvalue weighted by Crippen LogP contribution is -2.44. The summed E-state index contributed by atoms with van der Waals surface area (Å²) in [5, 5.41) is 2.76. The van der Waals surface area contributed by atoms with E-state index in [0.29, 0.717) is 18.8 Å². The number of imide groups is 1. The first kappa shape index (κ1) is 21.2. The zero-order chi connectivity index (χ0) is 22.2. The summed E-state index contributed by atoms with van der Waals surface area (Å²) in [6, 6.07) is 14.1. The Morgan fingerprint density at radius 1 is 1.03 bits per heavy atom. The molecule has 1 fully saturated rings. The molecule has 0 unspecified atom stereocenters. The molecule has 0 aliphatic carbocycles. The smallest absolute Gasteiger partial charge is 0.325 e. The first-order chi connectivity index (χ1) is 14.9. The molecule has 0 spiro atoms. The maximum absolute atomic E-state index is 12.6. The minimum Gasteiger partial charge on any atom is -0.493 e. The Labute approximate surface area is 182 Å². The largest absolute Gasteiger partial charge is 0.493 e. The van der Waals surface area contributed by atoms with Crippen LogP contribution in [0.3, 0.4) is 0 Å². The molecular weight excluding hydrogens is 394 g/mol. The van der Waals surface area contributed by atoms with Gasteiger partial charge in [-0.1, -0.05) is 30.3 Å². The molecule has 3 amide bonds. The van der Waals surface area contributed by atoms with Gasteiger partial charge in [0.15, 0.2) is 11.5 Å². The maximum atomic E-state index is 12.6. The molecule has 1 atom stereocenters. The number of hydrogen-bond donors (Lipinski definition) is 1. The maximum Gasteiger partial charge on any atom is 0.325 e. The number of nitrogens with zero attached hydrogens (tertiary/aromatic N) is 2. The summed E-state index contributed by atoms with van der Waals surface area (Å²) >= 11 is 0. The van der Waals surface area contributed by atoms with Gasteiger partial charge in [-0.25, -0.2) is 4.79 Å². The van der Waals surface area contributed by atoms with Gasteiger partial charge in [-0.3, -0.25) is 14.6 Å². The van der Waals surface area contributed by atoms with Gasteiger partial charge in [0.05, 0.1) is 20.3 Å². The summed E-state index contributed by atoms with van der Waals surface area (Å²) in [4.78, 5) is 28.6. The van der Waals surface area contributed by atoms with Crippen molar-refractivity contribution in [1.29, 1.82) is 0 Å². The van der Waals surface area contributed by atoms with Gasteiger partial charge in [0.2, 0.25) is 0 Å². The number of carbonyl (C=O) groups is 2. The van der Waals surface area contributed by atoms with E-state index in [1.165, 1.54) is 10.5 Å². The van der Waals surface area contributed by atoms with Gasteiger partial charge in [0, 0.05) is 19.6 Å². The molecule has 0 radical (unpaired) electrons. The molecule has 31 heavy (non-hydrogen) atoms. The van der Waals surface area contributed by atoms with Gasteiger partial charge < -0.3 is 14.8 Å². The Balaban J connectivity index is 1.66. The molecule has 0 saturated carbocycles. The lowest BCUT2D eigenvalue weighted by molar-refractivity contribution is -0.130. The second-order valence-corrected chi connectivity index (χ2v) is 8.52. The van der Waals surface area contributed by atoms with Crippen LogP contribution in [0.2, 0.25) is 0 Å². The Kier molecular flexibility index (Phi) is 5.62. The molecule has 0 bridgehead atoms. The van der Waals surface area contributed by atoms with Gasteiger partial charge in [-0.2, -0.15) is 0 Å². The minimum atomic E-state index is -0.853. The molecule has 1 saturated heterocycles. The van der Waals surface area contributed by atoms with E-state index in [-0.39, 0.29) is 18.0 Å². The Morgan fingerprint density at radius 2 is 1.71 bits per heavy atom. The standard InChI is InChI=1S/C24H29N3O4/c1-24(2)22(28)27(23(29)25-24)13-12-26-11-10-17-14-19(30-3)20(31-4)15-18(17)21(26)16-8-6-5-7-9-16/h5-9,14-15,21H,10-13H2,1-4H3,(H,25,29)/t21-/m1/s1. The molecule has 0 aromatic heterocycles. The summed E-state index contributed by atoms with van der Waals surface area (Å²) in [6.07, 6.45) is 0.852. The highest BCUT2D eigenvalue weighted by Crippen LogP contribution is 2.40. The van der Waals surface area contributed by atoms with Crippen LogP contribution in [0, 0.1) is 0 Å². The number of ether oxygens (including phenoxy) is 2. The van der Waals surface area contributed by atoms with Crippen LogP contribution >= 0.6 is 0 Å². The van der Waals surface area contributed by atoms with E-state index in [2.05, 4.69) is 34.5 Å². The summed E-state index contributed by atoms with van der Waals surface area (Å²) in [5.74, 6) is 1.24. The van der Waals surface area contributed by atoms with Gasteiger partial charge in [-0.15, -0.1) is 0 Å². The number of benzene rings is 2. The van der Waals surface area contributed by atoms with Crippen molar-refractivity contribution in [3.63, 3.8) is 0 Å². The van der Waals surface area contributed by atoms with Crippen LogP contribution in [0.5, 0.6) is 11.5 Å². The van der Waals surface area contributed by atoms with Gasteiger partial charge in [-0.05, 0) is 49.1 Å². The number of nitrogens with one attached hydrogen (secondary N) is 1. The van der Waals surface area contributed by atoms with Crippen LogP contribution in [-0.2, 0) is 11.2 Å². The summed E-state index contributed by atoms with van der Waals surface area (Å²) in [6.45, 7) is 5.21. The van der Waals surface area contributed by atoms with E-state index in [1.54, 1.807) is 28.1 Å². The fourth-order valence-electron chi connectivity index (χ4n) is 4.51. The number of amides is 3. The van der Waals surface area contributed by atoms with Crippen molar-refractivity contribution in [2.75, 3.05) is 33.9 Å². The van der Waals surface area contributed by atoms with Crippen molar-refractivity contribution in [1.82, 2.24) is 15.1 Å². The van der Waals surface area contributed by atoms with Crippen molar-refractivity contribution in [2.45, 2.75) is 31.8 Å². The van der Waals surface area contributed by atoms with Gasteiger partial charge >= 0.3 is 6.03 Å². The van der Waals surface area contributed by atoms with Crippen LogP contribution in [0.25, 0.3) is 0 Å². The molecule has 2 aromatic rings. The van der Waals surface area contributed by atoms with Crippen LogP contribution in [0.15, 0.2) is 42.5 Å². The SMILES string of the molecule is COc1cc2c(cc1OC)[C@@H](c1ccccc1)N(CCN1C(=O)NC(C)(C)C1=O)CC2. The predicted octanol–water partition coefficient (Wildman–Crippen LogP) is 2.98. The van der Waals surface area contributed by atoms with Crippen molar-refractivity contribution in [2.24, 2.45) is 0 Å². The molecule has 1 N–H and O–H groups in total. The molecule has 2 aromatic carbocycles. The van der Waals surface area contributed by atoms with Crippen LogP contribution in [0.4, 0.5) is 4.79 Å². The predicted molar refractivity (Wildman–Crippen MR) is 117 cm³/mol. The van der Waals surface area contributed by atoms with Gasteiger partial charge in [0.1, 0.15) is 5.54 Å². The average molecular weight is 424 g/mol. The van der Waals surface area contributed by atoms with Crippen molar-refractivity contribution in [3.05, 3.63) is 59.2 Å². The zero-order valence-electron chi connectivity index (χ0n) is 18.5. The lowest BCUT2D eigenvalue weighted by atomic mass is 9.87. The molecule has 4 rings (SSSR count). The van der Waals surface area contributed by atoms with Gasteiger partial charge in [0.25, 0.3) is 5.91 Å². The highest BCUT2D eigenvalue weighted by atomic mass is 16.5. The second kappa shape index (κ2) is 8.23. The van der Waals surface area contributed by atoms with E-state index in [0.717, 1.165) is 29.8 Å². The first-order valence-corrected chi connectivity index (χ1v) is 10.5. The average Bonchev–Trinajstić information content (AvgIpc) is 2.97. The van der Waals surface area contributed by atoms with Crippen molar-refractivity contribution in [3.8, 4) is 11.5 Å². The van der Waals surface area contributed by atoms with E-state index >= 15 is 0 Å². The van der Waals surface area contributed by atoms with Crippen molar-refractivity contribution >= 4 is 11.9 Å². The van der Waals surface area contributed by atoms with E-state index in [4.69, 9.17) is 9.47 Å². The minimum absolute atomic E-state index is 0.00136. The summed E-state index contributed by atoms with van der Waals surface area (Å²) in [5.41, 5.74) is 2.69. The molecule has 2 heterocycles. The number of hydrogen-bond acceptors (Lipinski definition) is 5. The lowest BCUT2D eigenvalue weighted by Gasteiger charge is -2.38. The number of urea groups is 1. The highest BCUT2D eigenvalue weighted by molar-refractivity contribution is 6.06. The number of rotatable bonds is 6. The summed E-state index contributed by atoms with van der Waals surface area (Å²) < 4.78 is 11.1. The quantitative estimate of drug-likeness (QED) is 0.724. The topological polar surface area (TPSA) is 71.1 Å². The third-order valence-electron chi connectivity index (χ3n) is 6.14. The number of methoxy groups -OCH3 is 2. The van der Waals surface area contributed by atoms with Crippen LogP contribution in [0.1, 0.15) is 36.6 Å². The van der Waals surface area contributed by atoms with E-state index in [1.807, 2.05) is 18.2 Å². The third-order valence-corrected chi connectivity index (χ3v) is 6.14. The molecular formula is C24H29N3O4. The van der Waals surface area contributed by atoms with E-state index in [9.17, 15) is 9.59 Å². The first-order valence-electron chi connectivity index (χ1n) is 10.5. The molecule has 2 aliphatic rings. The Bertz CT molecular complexity index is 990. The monoisotopic (exact) mass is 423 g/mol. The molecule has 2 aliphatic heterocycles.